The molecule has 0 aliphatic carbocycles. The number of nitrogens with zero attached hydrogens (tertiary/aromatic N) is 2. The molecule has 1 aromatic heterocycles. The molecule has 0 fully saturated rings. The number of para-hydroxylation sites is 1. The summed E-state index contributed by atoms with van der Waals surface area (Å²) in [4.78, 5) is 21.0. The molecule has 0 saturated heterocycles. The fraction of sp³-hybridized carbons (Fsp3) is 0.105. The van der Waals surface area contributed by atoms with Gasteiger partial charge in [0.05, 0.1) is 7.11 Å². The van der Waals surface area contributed by atoms with Crippen molar-refractivity contribution in [2.45, 2.75) is 6.92 Å². The Morgan fingerprint density at radius 2 is 1.68 bits per heavy atom. The number of carbonyl (C=O) groups is 1. The van der Waals surface area contributed by atoms with E-state index in [0.29, 0.717) is 23.0 Å². The van der Waals surface area contributed by atoms with E-state index in [4.69, 9.17) is 4.74 Å². The number of hydrogen-bond acceptors (Lipinski definition) is 5. The highest BCUT2D eigenvalue weighted by atomic mass is 16.5. The van der Waals surface area contributed by atoms with Gasteiger partial charge in [-0.05, 0) is 49.4 Å². The van der Waals surface area contributed by atoms with Crippen molar-refractivity contribution in [3.63, 3.8) is 0 Å². The van der Waals surface area contributed by atoms with Crippen LogP contribution in [0.2, 0.25) is 0 Å². The highest BCUT2D eigenvalue weighted by molar-refractivity contribution is 6.03. The second-order valence-corrected chi connectivity index (χ2v) is 5.39. The van der Waals surface area contributed by atoms with E-state index in [2.05, 4.69) is 20.6 Å². The molecule has 0 radical (unpaired) electrons. The van der Waals surface area contributed by atoms with Gasteiger partial charge in [-0.25, -0.2) is 9.97 Å². The van der Waals surface area contributed by atoms with Gasteiger partial charge in [-0.15, -0.1) is 0 Å². The van der Waals surface area contributed by atoms with Gasteiger partial charge >= 0.3 is 0 Å². The highest BCUT2D eigenvalue weighted by Crippen LogP contribution is 2.18. The standard InChI is InChI=1S/C19H18N4O2/c1-13-12-17(18(24)21-14-6-4-3-5-7-14)23-19(20-13)22-15-8-10-16(25-2)11-9-15/h3-12H,1-2H3,(H,21,24)(H,20,22,23). The van der Waals surface area contributed by atoms with Crippen molar-refractivity contribution in [2.24, 2.45) is 0 Å². The van der Waals surface area contributed by atoms with Crippen LogP contribution >= 0.6 is 0 Å². The van der Waals surface area contributed by atoms with Crippen LogP contribution in [0.4, 0.5) is 17.3 Å². The summed E-state index contributed by atoms with van der Waals surface area (Å²) < 4.78 is 5.13. The summed E-state index contributed by atoms with van der Waals surface area (Å²) >= 11 is 0. The number of amides is 1. The van der Waals surface area contributed by atoms with E-state index in [-0.39, 0.29) is 5.91 Å². The summed E-state index contributed by atoms with van der Waals surface area (Å²) in [6.45, 7) is 1.82. The summed E-state index contributed by atoms with van der Waals surface area (Å²) in [6.07, 6.45) is 0. The van der Waals surface area contributed by atoms with Crippen molar-refractivity contribution in [3.05, 3.63) is 72.1 Å². The molecule has 0 bridgehead atoms. The minimum Gasteiger partial charge on any atom is -0.497 e. The second-order valence-electron chi connectivity index (χ2n) is 5.39. The molecule has 2 N–H and O–H groups in total. The first-order chi connectivity index (χ1) is 12.1. The van der Waals surface area contributed by atoms with Gasteiger partial charge in [0.25, 0.3) is 5.91 Å². The number of rotatable bonds is 5. The van der Waals surface area contributed by atoms with E-state index in [1.54, 1.807) is 13.2 Å². The fourth-order valence-corrected chi connectivity index (χ4v) is 2.26. The third-order valence-electron chi connectivity index (χ3n) is 3.46. The first-order valence-electron chi connectivity index (χ1n) is 7.77. The molecule has 1 amide bonds. The van der Waals surface area contributed by atoms with E-state index in [0.717, 1.165) is 11.4 Å². The molecule has 0 aliphatic rings. The van der Waals surface area contributed by atoms with Gasteiger partial charge in [0.1, 0.15) is 11.4 Å². The lowest BCUT2D eigenvalue weighted by Gasteiger charge is -2.09. The lowest BCUT2D eigenvalue weighted by Crippen LogP contribution is -2.15. The van der Waals surface area contributed by atoms with Gasteiger partial charge in [-0.1, -0.05) is 18.2 Å². The molecule has 0 aliphatic heterocycles. The first kappa shape index (κ1) is 16.4. The van der Waals surface area contributed by atoms with Crippen molar-refractivity contribution in [3.8, 4) is 5.75 Å². The Kier molecular flexibility index (Phi) is 4.89. The van der Waals surface area contributed by atoms with Gasteiger partial charge < -0.3 is 15.4 Å². The highest BCUT2D eigenvalue weighted by Gasteiger charge is 2.11. The van der Waals surface area contributed by atoms with Crippen LogP contribution in [0.1, 0.15) is 16.2 Å². The Morgan fingerprint density at radius 1 is 0.960 bits per heavy atom. The molecule has 0 saturated carbocycles. The Hall–Kier alpha value is -3.41. The van der Waals surface area contributed by atoms with Crippen molar-refractivity contribution >= 4 is 23.2 Å². The van der Waals surface area contributed by atoms with E-state index >= 15 is 0 Å². The van der Waals surface area contributed by atoms with Crippen LogP contribution in [0.25, 0.3) is 0 Å². The van der Waals surface area contributed by atoms with Crippen LogP contribution in [-0.4, -0.2) is 23.0 Å². The van der Waals surface area contributed by atoms with Crippen LogP contribution in [0.15, 0.2) is 60.7 Å². The van der Waals surface area contributed by atoms with E-state index in [1.807, 2.05) is 61.5 Å². The predicted octanol–water partition coefficient (Wildman–Crippen LogP) is 3.79. The molecule has 0 atom stereocenters. The first-order valence-corrected chi connectivity index (χ1v) is 7.77. The van der Waals surface area contributed by atoms with Gasteiger partial charge in [-0.2, -0.15) is 0 Å². The van der Waals surface area contributed by atoms with Crippen molar-refractivity contribution < 1.29 is 9.53 Å². The minimum absolute atomic E-state index is 0.283. The Bertz CT molecular complexity index is 864. The average Bonchev–Trinajstić information content (AvgIpc) is 2.63. The van der Waals surface area contributed by atoms with Crippen molar-refractivity contribution in [1.29, 1.82) is 0 Å². The third kappa shape index (κ3) is 4.32. The van der Waals surface area contributed by atoms with Gasteiger partial charge in [0.15, 0.2) is 0 Å². The van der Waals surface area contributed by atoms with E-state index < -0.39 is 0 Å². The number of ether oxygens (including phenoxy) is 1. The molecule has 3 aromatic rings. The normalized spacial score (nSPS) is 10.2. The largest absolute Gasteiger partial charge is 0.497 e. The predicted molar refractivity (Wildman–Crippen MR) is 97.4 cm³/mol. The lowest BCUT2D eigenvalue weighted by molar-refractivity contribution is 0.102. The maximum Gasteiger partial charge on any atom is 0.274 e. The summed E-state index contributed by atoms with van der Waals surface area (Å²) in [5.41, 5.74) is 2.52. The Labute approximate surface area is 145 Å². The van der Waals surface area contributed by atoms with Crippen molar-refractivity contribution in [1.82, 2.24) is 9.97 Å². The SMILES string of the molecule is COc1ccc(Nc2nc(C)cc(C(=O)Nc3ccccc3)n2)cc1. The number of anilines is 3. The summed E-state index contributed by atoms with van der Waals surface area (Å²) in [5, 5.41) is 5.92. The van der Waals surface area contributed by atoms with Crippen LogP contribution in [0.3, 0.4) is 0 Å². The Balaban J connectivity index is 1.78. The minimum atomic E-state index is -0.283. The maximum absolute atomic E-state index is 12.4. The van der Waals surface area contributed by atoms with Gasteiger partial charge in [0, 0.05) is 17.1 Å². The molecule has 2 aromatic carbocycles. The van der Waals surface area contributed by atoms with Crippen LogP contribution in [-0.2, 0) is 0 Å². The third-order valence-corrected chi connectivity index (χ3v) is 3.46. The molecule has 0 unspecified atom stereocenters. The van der Waals surface area contributed by atoms with Crippen LogP contribution < -0.4 is 15.4 Å². The molecular weight excluding hydrogens is 316 g/mol. The van der Waals surface area contributed by atoms with Crippen molar-refractivity contribution in [2.75, 3.05) is 17.7 Å². The average molecular weight is 334 g/mol. The molecule has 6 nitrogen and oxygen atoms in total. The monoisotopic (exact) mass is 334 g/mol. The second kappa shape index (κ2) is 7.44. The number of aromatic nitrogens is 2. The van der Waals surface area contributed by atoms with Crippen LogP contribution in [0, 0.1) is 6.92 Å². The molecule has 126 valence electrons. The molecule has 1 heterocycles. The number of methoxy groups -OCH3 is 1. The van der Waals surface area contributed by atoms with Gasteiger partial charge in [0.2, 0.25) is 5.95 Å². The summed E-state index contributed by atoms with van der Waals surface area (Å²) in [6, 6.07) is 18.3. The zero-order valence-corrected chi connectivity index (χ0v) is 14.0. The number of nitrogens with one attached hydrogen (secondary N) is 2. The van der Waals surface area contributed by atoms with Crippen LogP contribution in [0.5, 0.6) is 5.75 Å². The number of hydrogen-bond donors (Lipinski definition) is 2. The molecule has 0 spiro atoms. The number of aryl methyl sites for hydroxylation is 1. The molecule has 25 heavy (non-hydrogen) atoms. The lowest BCUT2D eigenvalue weighted by atomic mass is 10.3. The van der Waals surface area contributed by atoms with E-state index in [1.165, 1.54) is 0 Å². The quantitative estimate of drug-likeness (QED) is 0.742. The topological polar surface area (TPSA) is 76.1 Å². The maximum atomic E-state index is 12.4. The van der Waals surface area contributed by atoms with E-state index in [9.17, 15) is 4.79 Å². The van der Waals surface area contributed by atoms with Gasteiger partial charge in [-0.3, -0.25) is 4.79 Å². The molecular formula is C19H18N4O2. The summed E-state index contributed by atoms with van der Waals surface area (Å²) in [7, 11) is 1.61. The summed E-state index contributed by atoms with van der Waals surface area (Å²) in [5.74, 6) is 0.844. The number of benzene rings is 2. The number of carbonyl (C=O) groups excluding carboxylic acids is 1. The smallest absolute Gasteiger partial charge is 0.274 e. The Morgan fingerprint density at radius 3 is 2.36 bits per heavy atom. The molecule has 6 heteroatoms. The zero-order chi connectivity index (χ0) is 17.6. The zero-order valence-electron chi connectivity index (χ0n) is 14.0. The molecule has 3 rings (SSSR count). The fourth-order valence-electron chi connectivity index (χ4n) is 2.26.